The van der Waals surface area contributed by atoms with Gasteiger partial charge in [-0.15, -0.1) is 0 Å². The van der Waals surface area contributed by atoms with Gasteiger partial charge in [0.15, 0.2) is 0 Å². The number of carboxylic acids is 1. The van der Waals surface area contributed by atoms with Crippen LogP contribution in [0.25, 0.3) is 0 Å². The minimum Gasteiger partial charge on any atom is -0.478 e. The maximum Gasteiger partial charge on any atom is 0.337 e. The standard InChI is InChI=1S/C12H15N3O4/c1-6-2-3-9(7(4-6)12(18)19)15-11(17)8(13)5-10(14)16/h2-4,8H,5,13H2,1H3,(H2,14,16)(H,15,17)(H,18,19). The summed E-state index contributed by atoms with van der Waals surface area (Å²) in [7, 11) is 0. The summed E-state index contributed by atoms with van der Waals surface area (Å²) in [5.41, 5.74) is 11.2. The number of carbonyl (C=O) groups excluding carboxylic acids is 2. The molecule has 19 heavy (non-hydrogen) atoms. The van der Waals surface area contributed by atoms with Gasteiger partial charge < -0.3 is 21.9 Å². The lowest BCUT2D eigenvalue weighted by molar-refractivity contribution is -0.123. The van der Waals surface area contributed by atoms with Crippen LogP contribution in [0, 0.1) is 6.92 Å². The number of amides is 2. The third-order valence-corrected chi connectivity index (χ3v) is 2.42. The van der Waals surface area contributed by atoms with Crippen molar-refractivity contribution in [3.05, 3.63) is 29.3 Å². The molecule has 0 fully saturated rings. The highest BCUT2D eigenvalue weighted by atomic mass is 16.4. The molecule has 2 amide bonds. The second kappa shape index (κ2) is 5.96. The molecule has 0 aliphatic heterocycles. The molecule has 1 unspecified atom stereocenters. The molecule has 0 saturated heterocycles. The molecule has 0 bridgehead atoms. The Bertz CT molecular complexity index is 528. The number of nitrogens with one attached hydrogen (secondary N) is 1. The second-order valence-electron chi connectivity index (χ2n) is 4.12. The fraction of sp³-hybridized carbons (Fsp3) is 0.250. The first-order chi connectivity index (χ1) is 8.81. The largest absolute Gasteiger partial charge is 0.478 e. The van der Waals surface area contributed by atoms with E-state index in [1.54, 1.807) is 13.0 Å². The lowest BCUT2D eigenvalue weighted by atomic mass is 10.1. The van der Waals surface area contributed by atoms with E-state index in [-0.39, 0.29) is 17.7 Å². The molecule has 1 aromatic rings. The van der Waals surface area contributed by atoms with Gasteiger partial charge in [-0.1, -0.05) is 11.6 Å². The van der Waals surface area contributed by atoms with Gasteiger partial charge in [0.1, 0.15) is 0 Å². The quantitative estimate of drug-likeness (QED) is 0.586. The maximum atomic E-state index is 11.7. The van der Waals surface area contributed by atoms with Crippen LogP contribution in [0.1, 0.15) is 22.3 Å². The van der Waals surface area contributed by atoms with E-state index in [9.17, 15) is 14.4 Å². The average molecular weight is 265 g/mol. The molecule has 0 spiro atoms. The molecule has 0 radical (unpaired) electrons. The van der Waals surface area contributed by atoms with Gasteiger partial charge in [-0.05, 0) is 19.1 Å². The minimum atomic E-state index is -1.16. The van der Waals surface area contributed by atoms with Crippen LogP contribution in [0.4, 0.5) is 5.69 Å². The van der Waals surface area contributed by atoms with E-state index in [1.165, 1.54) is 12.1 Å². The number of rotatable bonds is 5. The van der Waals surface area contributed by atoms with Gasteiger partial charge in [-0.3, -0.25) is 9.59 Å². The van der Waals surface area contributed by atoms with Crippen molar-refractivity contribution >= 4 is 23.5 Å². The molecule has 7 nitrogen and oxygen atoms in total. The monoisotopic (exact) mass is 265 g/mol. The summed E-state index contributed by atoms with van der Waals surface area (Å²) in [5, 5.41) is 11.4. The zero-order chi connectivity index (χ0) is 14.6. The Labute approximate surface area is 109 Å². The predicted octanol–water partition coefficient (Wildman–Crippen LogP) is -0.166. The highest BCUT2D eigenvalue weighted by Crippen LogP contribution is 2.17. The first kappa shape index (κ1) is 14.7. The lowest BCUT2D eigenvalue weighted by Crippen LogP contribution is -2.39. The van der Waals surface area contributed by atoms with Crippen LogP contribution >= 0.6 is 0 Å². The molecule has 0 aliphatic rings. The van der Waals surface area contributed by atoms with Crippen LogP contribution in [-0.4, -0.2) is 28.9 Å². The van der Waals surface area contributed by atoms with Gasteiger partial charge in [-0.2, -0.15) is 0 Å². The summed E-state index contributed by atoms with van der Waals surface area (Å²) in [5.74, 6) is -2.53. The number of benzene rings is 1. The minimum absolute atomic E-state index is 0.0420. The molecule has 7 heteroatoms. The molecule has 1 aromatic carbocycles. The SMILES string of the molecule is Cc1ccc(NC(=O)C(N)CC(N)=O)c(C(=O)O)c1. The fourth-order valence-electron chi connectivity index (χ4n) is 1.48. The fourth-order valence-corrected chi connectivity index (χ4v) is 1.48. The zero-order valence-corrected chi connectivity index (χ0v) is 10.3. The van der Waals surface area contributed by atoms with Crippen LogP contribution in [0.3, 0.4) is 0 Å². The number of nitrogens with two attached hydrogens (primary N) is 2. The average Bonchev–Trinajstić information content (AvgIpc) is 2.30. The topological polar surface area (TPSA) is 136 Å². The number of carboxylic acid groups (broad SMARTS) is 1. The number of hydrogen-bond donors (Lipinski definition) is 4. The molecule has 0 aliphatic carbocycles. The van der Waals surface area contributed by atoms with Gasteiger partial charge in [0.2, 0.25) is 11.8 Å². The zero-order valence-electron chi connectivity index (χ0n) is 10.3. The summed E-state index contributed by atoms with van der Waals surface area (Å²) in [6.07, 6.45) is -0.305. The summed E-state index contributed by atoms with van der Waals surface area (Å²) in [6.45, 7) is 1.73. The number of hydrogen-bond acceptors (Lipinski definition) is 4. The van der Waals surface area contributed by atoms with Crippen LogP contribution in [0.5, 0.6) is 0 Å². The van der Waals surface area contributed by atoms with E-state index >= 15 is 0 Å². The second-order valence-corrected chi connectivity index (χ2v) is 4.12. The van der Waals surface area contributed by atoms with Crippen LogP contribution in [0.15, 0.2) is 18.2 Å². The van der Waals surface area contributed by atoms with Crippen molar-refractivity contribution in [2.45, 2.75) is 19.4 Å². The third-order valence-electron chi connectivity index (χ3n) is 2.42. The molecule has 6 N–H and O–H groups in total. The normalized spacial score (nSPS) is 11.7. The number of carbonyl (C=O) groups is 3. The highest BCUT2D eigenvalue weighted by molar-refractivity contribution is 6.03. The highest BCUT2D eigenvalue weighted by Gasteiger charge is 2.18. The number of primary amides is 1. The van der Waals surface area contributed by atoms with Crippen molar-refractivity contribution < 1.29 is 19.5 Å². The summed E-state index contributed by atoms with van der Waals surface area (Å²) >= 11 is 0. The first-order valence-electron chi connectivity index (χ1n) is 5.50. The molecule has 1 rings (SSSR count). The van der Waals surface area contributed by atoms with Crippen LogP contribution in [-0.2, 0) is 9.59 Å². The Balaban J connectivity index is 2.90. The number of anilines is 1. The summed E-state index contributed by atoms with van der Waals surface area (Å²) in [6, 6.07) is 3.44. The van der Waals surface area contributed by atoms with E-state index in [0.717, 1.165) is 5.56 Å². The molecular weight excluding hydrogens is 250 g/mol. The predicted molar refractivity (Wildman–Crippen MR) is 68.6 cm³/mol. The van der Waals surface area contributed by atoms with Crippen LogP contribution in [0.2, 0.25) is 0 Å². The van der Waals surface area contributed by atoms with Gasteiger partial charge >= 0.3 is 5.97 Å². The van der Waals surface area contributed by atoms with Crippen molar-refractivity contribution in [1.82, 2.24) is 0 Å². The Morgan fingerprint density at radius 1 is 1.37 bits per heavy atom. The van der Waals surface area contributed by atoms with E-state index in [0.29, 0.717) is 0 Å². The van der Waals surface area contributed by atoms with Gasteiger partial charge in [0, 0.05) is 0 Å². The third kappa shape index (κ3) is 4.07. The summed E-state index contributed by atoms with van der Waals surface area (Å²) < 4.78 is 0. The van der Waals surface area contributed by atoms with E-state index in [4.69, 9.17) is 16.6 Å². The van der Waals surface area contributed by atoms with E-state index in [2.05, 4.69) is 5.32 Å². The van der Waals surface area contributed by atoms with Gasteiger partial charge in [0.05, 0.1) is 23.7 Å². The van der Waals surface area contributed by atoms with Crippen molar-refractivity contribution in [1.29, 1.82) is 0 Å². The molecule has 0 heterocycles. The van der Waals surface area contributed by atoms with Crippen molar-refractivity contribution in [2.75, 3.05) is 5.32 Å². The Morgan fingerprint density at radius 2 is 2.00 bits per heavy atom. The lowest BCUT2D eigenvalue weighted by Gasteiger charge is -2.12. The summed E-state index contributed by atoms with van der Waals surface area (Å²) in [4.78, 5) is 33.4. The number of aryl methyl sites for hydroxylation is 1. The maximum absolute atomic E-state index is 11.7. The smallest absolute Gasteiger partial charge is 0.337 e. The first-order valence-corrected chi connectivity index (χ1v) is 5.50. The van der Waals surface area contributed by atoms with Crippen molar-refractivity contribution in [3.8, 4) is 0 Å². The molecular formula is C12H15N3O4. The Hall–Kier alpha value is -2.41. The van der Waals surface area contributed by atoms with Gasteiger partial charge in [-0.25, -0.2) is 4.79 Å². The molecule has 102 valence electrons. The van der Waals surface area contributed by atoms with Crippen LogP contribution < -0.4 is 16.8 Å². The molecule has 1 atom stereocenters. The number of aromatic carboxylic acids is 1. The van der Waals surface area contributed by atoms with E-state index < -0.39 is 23.8 Å². The van der Waals surface area contributed by atoms with E-state index in [1.807, 2.05) is 0 Å². The Morgan fingerprint density at radius 3 is 2.53 bits per heavy atom. The molecule has 0 aromatic heterocycles. The molecule has 0 saturated carbocycles. The Kier molecular flexibility index (Phi) is 4.60. The van der Waals surface area contributed by atoms with Gasteiger partial charge in [0.25, 0.3) is 0 Å². The van der Waals surface area contributed by atoms with Crippen molar-refractivity contribution in [3.63, 3.8) is 0 Å². The van der Waals surface area contributed by atoms with Crippen molar-refractivity contribution in [2.24, 2.45) is 11.5 Å².